The van der Waals surface area contributed by atoms with Crippen molar-refractivity contribution in [1.29, 1.82) is 0 Å². The SMILES string of the molecule is O=C(CCN1C(=O)NC2(CCCCC2)C1=O)Nc1nc(-c2ccccc2Cl)cs1. The average molecular weight is 433 g/mol. The quantitative estimate of drug-likeness (QED) is 0.697. The van der Waals surface area contributed by atoms with Gasteiger partial charge in [0, 0.05) is 28.9 Å². The van der Waals surface area contributed by atoms with Crippen molar-refractivity contribution >= 4 is 45.9 Å². The summed E-state index contributed by atoms with van der Waals surface area (Å²) in [5.41, 5.74) is 0.720. The van der Waals surface area contributed by atoms with Gasteiger partial charge >= 0.3 is 6.03 Å². The molecule has 1 saturated heterocycles. The number of nitrogens with one attached hydrogen (secondary N) is 2. The lowest BCUT2D eigenvalue weighted by Gasteiger charge is -2.30. The van der Waals surface area contributed by atoms with E-state index >= 15 is 0 Å². The third kappa shape index (κ3) is 4.00. The second-order valence-electron chi connectivity index (χ2n) is 7.35. The summed E-state index contributed by atoms with van der Waals surface area (Å²) in [4.78, 5) is 42.9. The van der Waals surface area contributed by atoms with E-state index in [0.717, 1.165) is 24.8 Å². The van der Waals surface area contributed by atoms with Crippen LogP contribution < -0.4 is 10.6 Å². The van der Waals surface area contributed by atoms with Gasteiger partial charge in [-0.2, -0.15) is 0 Å². The highest BCUT2D eigenvalue weighted by Gasteiger charge is 2.51. The van der Waals surface area contributed by atoms with E-state index in [1.165, 1.54) is 16.2 Å². The Morgan fingerprint density at radius 1 is 1.24 bits per heavy atom. The molecule has 0 unspecified atom stereocenters. The number of aromatic nitrogens is 1. The van der Waals surface area contributed by atoms with Crippen LogP contribution in [-0.2, 0) is 9.59 Å². The molecule has 2 N–H and O–H groups in total. The fourth-order valence-electron chi connectivity index (χ4n) is 3.89. The number of halogens is 1. The fraction of sp³-hybridized carbons (Fsp3) is 0.400. The van der Waals surface area contributed by atoms with E-state index in [9.17, 15) is 14.4 Å². The maximum absolute atomic E-state index is 12.7. The molecular formula is C20H21ClN4O3S. The Kier molecular flexibility index (Phi) is 5.56. The number of carbonyl (C=O) groups is 3. The van der Waals surface area contributed by atoms with Crippen molar-refractivity contribution in [2.45, 2.75) is 44.1 Å². The molecule has 29 heavy (non-hydrogen) atoms. The van der Waals surface area contributed by atoms with Crippen molar-refractivity contribution in [1.82, 2.24) is 15.2 Å². The van der Waals surface area contributed by atoms with Crippen LogP contribution in [0.5, 0.6) is 0 Å². The van der Waals surface area contributed by atoms with Crippen molar-refractivity contribution in [3.63, 3.8) is 0 Å². The molecule has 0 atom stereocenters. The number of rotatable bonds is 5. The molecule has 2 aliphatic rings. The van der Waals surface area contributed by atoms with E-state index in [1.54, 1.807) is 6.07 Å². The Morgan fingerprint density at radius 2 is 2.00 bits per heavy atom. The molecule has 2 fully saturated rings. The summed E-state index contributed by atoms with van der Waals surface area (Å²) in [6.07, 6.45) is 4.30. The fourth-order valence-corrected chi connectivity index (χ4v) is 4.85. The maximum Gasteiger partial charge on any atom is 0.325 e. The first-order valence-corrected chi connectivity index (χ1v) is 10.9. The Morgan fingerprint density at radius 3 is 2.76 bits per heavy atom. The molecular weight excluding hydrogens is 412 g/mol. The zero-order valence-corrected chi connectivity index (χ0v) is 17.3. The number of hydrogen-bond donors (Lipinski definition) is 2. The monoisotopic (exact) mass is 432 g/mol. The van der Waals surface area contributed by atoms with Crippen LogP contribution in [-0.4, -0.2) is 39.8 Å². The van der Waals surface area contributed by atoms with Gasteiger partial charge in [0.15, 0.2) is 5.13 Å². The van der Waals surface area contributed by atoms with Gasteiger partial charge in [0.2, 0.25) is 5.91 Å². The van der Waals surface area contributed by atoms with E-state index < -0.39 is 11.6 Å². The van der Waals surface area contributed by atoms with Crippen molar-refractivity contribution in [2.24, 2.45) is 0 Å². The lowest BCUT2D eigenvalue weighted by molar-refractivity contribution is -0.132. The predicted molar refractivity (Wildman–Crippen MR) is 112 cm³/mol. The Labute approximate surface area is 177 Å². The number of anilines is 1. The van der Waals surface area contributed by atoms with Gasteiger partial charge in [-0.05, 0) is 18.9 Å². The van der Waals surface area contributed by atoms with Gasteiger partial charge in [0.05, 0.1) is 5.69 Å². The van der Waals surface area contributed by atoms with E-state index in [2.05, 4.69) is 15.6 Å². The molecule has 9 heteroatoms. The number of urea groups is 1. The van der Waals surface area contributed by atoms with Gasteiger partial charge in [0.1, 0.15) is 5.54 Å². The number of hydrogen-bond acceptors (Lipinski definition) is 5. The highest BCUT2D eigenvalue weighted by atomic mass is 35.5. The predicted octanol–water partition coefficient (Wildman–Crippen LogP) is 4.05. The van der Waals surface area contributed by atoms with E-state index in [0.29, 0.717) is 28.7 Å². The molecule has 1 aliphatic heterocycles. The summed E-state index contributed by atoms with van der Waals surface area (Å²) in [6.45, 7) is 0.0565. The normalized spacial score (nSPS) is 18.2. The molecule has 2 aromatic rings. The van der Waals surface area contributed by atoms with Gasteiger partial charge in [-0.1, -0.05) is 49.1 Å². The van der Waals surface area contributed by atoms with Crippen LogP contribution >= 0.6 is 22.9 Å². The van der Waals surface area contributed by atoms with E-state index in [1.807, 2.05) is 23.6 Å². The maximum atomic E-state index is 12.7. The van der Waals surface area contributed by atoms with E-state index in [-0.39, 0.29) is 24.8 Å². The molecule has 1 aliphatic carbocycles. The molecule has 152 valence electrons. The van der Waals surface area contributed by atoms with Gasteiger partial charge < -0.3 is 10.6 Å². The Hall–Kier alpha value is -2.45. The highest BCUT2D eigenvalue weighted by Crippen LogP contribution is 2.34. The van der Waals surface area contributed by atoms with Gasteiger partial charge in [0.25, 0.3) is 5.91 Å². The summed E-state index contributed by atoms with van der Waals surface area (Å²) in [7, 11) is 0. The van der Waals surface area contributed by atoms with Gasteiger partial charge in [-0.25, -0.2) is 9.78 Å². The van der Waals surface area contributed by atoms with Crippen molar-refractivity contribution < 1.29 is 14.4 Å². The second kappa shape index (κ2) is 8.12. The number of nitrogens with zero attached hydrogens (tertiary/aromatic N) is 2. The van der Waals surface area contributed by atoms with Crippen molar-refractivity contribution in [2.75, 3.05) is 11.9 Å². The molecule has 0 bridgehead atoms. The molecule has 1 spiro atoms. The average Bonchev–Trinajstić information content (AvgIpc) is 3.25. The summed E-state index contributed by atoms with van der Waals surface area (Å²) in [5.74, 6) is -0.500. The number of benzene rings is 1. The zero-order valence-electron chi connectivity index (χ0n) is 15.7. The number of imide groups is 1. The molecule has 2 heterocycles. The Bertz CT molecular complexity index is 955. The smallest absolute Gasteiger partial charge is 0.323 e. The van der Waals surface area contributed by atoms with Crippen molar-refractivity contribution in [3.8, 4) is 11.3 Å². The van der Waals surface area contributed by atoms with Crippen LogP contribution in [0.3, 0.4) is 0 Å². The summed E-state index contributed by atoms with van der Waals surface area (Å²) >= 11 is 7.48. The minimum Gasteiger partial charge on any atom is -0.323 e. The number of carbonyl (C=O) groups excluding carboxylic acids is 3. The lowest BCUT2D eigenvalue weighted by atomic mass is 9.82. The van der Waals surface area contributed by atoms with Crippen LogP contribution in [0, 0.1) is 0 Å². The van der Waals surface area contributed by atoms with Crippen LogP contribution in [0.4, 0.5) is 9.93 Å². The Balaban J connectivity index is 1.34. The minimum absolute atomic E-state index is 0.0241. The van der Waals surface area contributed by atoms with Crippen LogP contribution in [0.2, 0.25) is 5.02 Å². The van der Waals surface area contributed by atoms with Gasteiger partial charge in [-0.3, -0.25) is 14.5 Å². The first kappa shape index (κ1) is 19.8. The molecule has 1 saturated carbocycles. The van der Waals surface area contributed by atoms with Crippen LogP contribution in [0.25, 0.3) is 11.3 Å². The van der Waals surface area contributed by atoms with Crippen molar-refractivity contribution in [3.05, 3.63) is 34.7 Å². The third-order valence-electron chi connectivity index (χ3n) is 5.42. The molecule has 4 rings (SSSR count). The lowest BCUT2D eigenvalue weighted by Crippen LogP contribution is -2.48. The molecule has 1 aromatic heterocycles. The highest BCUT2D eigenvalue weighted by molar-refractivity contribution is 7.14. The standard InChI is InChI=1S/C20H21ClN4O3S/c21-14-7-3-2-6-13(14)15-12-29-18(22-15)23-16(26)8-11-25-17(27)20(24-19(25)28)9-4-1-5-10-20/h2-3,6-7,12H,1,4-5,8-11H2,(H,24,28)(H,22,23,26). The first-order chi connectivity index (χ1) is 14.0. The summed E-state index contributed by atoms with van der Waals surface area (Å²) in [5, 5.41) is 8.44. The van der Waals surface area contributed by atoms with Crippen LogP contribution in [0.15, 0.2) is 29.6 Å². The second-order valence-corrected chi connectivity index (χ2v) is 8.61. The topological polar surface area (TPSA) is 91.4 Å². The van der Waals surface area contributed by atoms with Gasteiger partial charge in [-0.15, -0.1) is 11.3 Å². The zero-order chi connectivity index (χ0) is 20.4. The van der Waals surface area contributed by atoms with E-state index in [4.69, 9.17) is 11.6 Å². The first-order valence-electron chi connectivity index (χ1n) is 9.63. The minimum atomic E-state index is -0.759. The van der Waals surface area contributed by atoms with Crippen LogP contribution in [0.1, 0.15) is 38.5 Å². The summed E-state index contributed by atoms with van der Waals surface area (Å²) < 4.78 is 0. The number of amides is 4. The third-order valence-corrected chi connectivity index (χ3v) is 6.50. The molecule has 0 radical (unpaired) electrons. The molecule has 1 aromatic carbocycles. The largest absolute Gasteiger partial charge is 0.325 e. The summed E-state index contributed by atoms with van der Waals surface area (Å²) in [6, 6.07) is 6.96. The molecule has 7 nitrogen and oxygen atoms in total. The number of thiazole rings is 1. The molecule has 4 amide bonds.